The Labute approximate surface area is 160 Å². The van der Waals surface area contributed by atoms with E-state index in [9.17, 15) is 10.1 Å². The van der Waals surface area contributed by atoms with Crippen molar-refractivity contribution in [2.75, 3.05) is 0 Å². The molecule has 2 aromatic heterocycles. The number of aryl methyl sites for hydroxylation is 1. The van der Waals surface area contributed by atoms with Crippen molar-refractivity contribution in [1.29, 1.82) is 0 Å². The van der Waals surface area contributed by atoms with Gasteiger partial charge < -0.3 is 14.9 Å². The Morgan fingerprint density at radius 3 is 2.78 bits per heavy atom. The monoisotopic (exact) mass is 382 g/mol. The number of benzene rings is 1. The second-order valence-corrected chi connectivity index (χ2v) is 6.62. The minimum atomic E-state index is -0.569. The van der Waals surface area contributed by atoms with Crippen LogP contribution in [-0.2, 0) is 12.8 Å². The van der Waals surface area contributed by atoms with Crippen molar-refractivity contribution in [1.82, 2.24) is 15.0 Å². The van der Waals surface area contributed by atoms with Gasteiger partial charge >= 0.3 is 5.82 Å². The predicted molar refractivity (Wildman–Crippen MR) is 100 cm³/mol. The Morgan fingerprint density at radius 1 is 1.11 bits per heavy atom. The summed E-state index contributed by atoms with van der Waals surface area (Å²) >= 11 is 6.09. The molecule has 0 amide bonds. The molecule has 3 aromatic rings. The summed E-state index contributed by atoms with van der Waals surface area (Å²) in [5, 5.41) is 11.8. The second kappa shape index (κ2) is 7.28. The average molecular weight is 383 g/mol. The van der Waals surface area contributed by atoms with E-state index in [0.717, 1.165) is 42.5 Å². The summed E-state index contributed by atoms with van der Waals surface area (Å²) in [6, 6.07) is 10.4. The van der Waals surface area contributed by atoms with Crippen molar-refractivity contribution >= 4 is 17.4 Å². The van der Waals surface area contributed by atoms with Crippen LogP contribution in [0.15, 0.2) is 42.6 Å². The van der Waals surface area contributed by atoms with Crippen molar-refractivity contribution in [3.63, 3.8) is 0 Å². The van der Waals surface area contributed by atoms with Gasteiger partial charge in [-0.1, -0.05) is 23.7 Å². The van der Waals surface area contributed by atoms with E-state index >= 15 is 0 Å². The lowest BCUT2D eigenvalue weighted by Gasteiger charge is -2.19. The highest BCUT2D eigenvalue weighted by atomic mass is 35.5. The Hall–Kier alpha value is -3.06. The lowest BCUT2D eigenvalue weighted by Crippen LogP contribution is -2.10. The number of halogens is 1. The van der Waals surface area contributed by atoms with E-state index in [2.05, 4.69) is 15.0 Å². The van der Waals surface area contributed by atoms with Gasteiger partial charge in [0.15, 0.2) is 5.82 Å². The van der Waals surface area contributed by atoms with Crippen molar-refractivity contribution in [2.24, 2.45) is 0 Å². The van der Waals surface area contributed by atoms with E-state index in [-0.39, 0.29) is 11.6 Å². The van der Waals surface area contributed by atoms with Crippen LogP contribution in [0.3, 0.4) is 0 Å². The quantitative estimate of drug-likeness (QED) is 0.476. The molecule has 136 valence electrons. The first kappa shape index (κ1) is 17.4. The van der Waals surface area contributed by atoms with E-state index in [1.165, 1.54) is 12.3 Å². The first-order valence-corrected chi connectivity index (χ1v) is 8.92. The number of hydrogen-bond donors (Lipinski definition) is 0. The molecule has 0 fully saturated rings. The largest absolute Gasteiger partial charge is 0.430 e. The van der Waals surface area contributed by atoms with Gasteiger partial charge in [0.2, 0.25) is 11.6 Å². The molecule has 8 heteroatoms. The topological polar surface area (TPSA) is 91.0 Å². The molecule has 1 aliphatic rings. The summed E-state index contributed by atoms with van der Waals surface area (Å²) in [6.07, 6.45) is 4.98. The van der Waals surface area contributed by atoms with E-state index in [1.807, 2.05) is 12.1 Å². The number of rotatable bonds is 4. The fraction of sp³-hybridized carbons (Fsp3) is 0.211. The summed E-state index contributed by atoms with van der Waals surface area (Å²) < 4.78 is 5.87. The Kier molecular flexibility index (Phi) is 4.68. The molecule has 1 aliphatic carbocycles. The lowest BCUT2D eigenvalue weighted by molar-refractivity contribution is -0.390. The number of ether oxygens (including phenoxy) is 1. The molecular weight excluding hydrogens is 368 g/mol. The van der Waals surface area contributed by atoms with Crippen LogP contribution in [-0.4, -0.2) is 19.9 Å². The smallest absolute Gasteiger partial charge is 0.406 e. The van der Waals surface area contributed by atoms with Gasteiger partial charge in [-0.2, -0.15) is 4.98 Å². The lowest BCUT2D eigenvalue weighted by atomic mass is 9.96. The summed E-state index contributed by atoms with van der Waals surface area (Å²) in [4.78, 5) is 23.7. The Morgan fingerprint density at radius 2 is 1.96 bits per heavy atom. The van der Waals surface area contributed by atoms with E-state index in [0.29, 0.717) is 16.7 Å². The first-order chi connectivity index (χ1) is 13.1. The number of fused-ring (bicyclic) bond motifs is 1. The van der Waals surface area contributed by atoms with Gasteiger partial charge in [0.25, 0.3) is 0 Å². The molecule has 0 saturated carbocycles. The summed E-state index contributed by atoms with van der Waals surface area (Å²) in [5.41, 5.74) is 2.57. The van der Waals surface area contributed by atoms with Crippen molar-refractivity contribution in [2.45, 2.75) is 25.7 Å². The van der Waals surface area contributed by atoms with E-state index in [4.69, 9.17) is 16.3 Å². The maximum Gasteiger partial charge on any atom is 0.406 e. The molecule has 0 unspecified atom stereocenters. The van der Waals surface area contributed by atoms with Crippen LogP contribution in [0.4, 0.5) is 5.82 Å². The van der Waals surface area contributed by atoms with Crippen LogP contribution in [0.1, 0.15) is 24.1 Å². The zero-order chi connectivity index (χ0) is 18.8. The van der Waals surface area contributed by atoms with Crippen molar-refractivity contribution in [3.8, 4) is 23.0 Å². The second-order valence-electron chi connectivity index (χ2n) is 6.18. The number of nitrogens with zero attached hydrogens (tertiary/aromatic N) is 4. The van der Waals surface area contributed by atoms with E-state index in [1.54, 1.807) is 18.2 Å². The van der Waals surface area contributed by atoms with Crippen molar-refractivity contribution in [3.05, 3.63) is 69.0 Å². The SMILES string of the molecule is O=[N+]([O-])c1ncccc1Oc1nc(-c2cccc(Cl)c2)nc2c1CCCC2. The minimum Gasteiger partial charge on any atom is -0.430 e. The van der Waals surface area contributed by atoms with Gasteiger partial charge in [-0.3, -0.25) is 0 Å². The molecule has 0 N–H and O–H groups in total. The predicted octanol–water partition coefficient (Wildman–Crippen LogP) is 4.77. The number of hydrogen-bond acceptors (Lipinski definition) is 6. The molecule has 0 radical (unpaired) electrons. The zero-order valence-electron chi connectivity index (χ0n) is 14.3. The highest BCUT2D eigenvalue weighted by Crippen LogP contribution is 2.35. The van der Waals surface area contributed by atoms with Gasteiger partial charge in [-0.15, -0.1) is 0 Å². The average Bonchev–Trinajstić information content (AvgIpc) is 2.68. The first-order valence-electron chi connectivity index (χ1n) is 8.55. The van der Waals surface area contributed by atoms with E-state index < -0.39 is 4.92 Å². The zero-order valence-corrected chi connectivity index (χ0v) is 15.0. The standard InChI is InChI=1S/C19H15ClN4O3/c20-13-6-3-5-12(11-13)17-22-15-8-2-1-7-14(15)19(23-17)27-16-9-4-10-21-18(16)24(25)26/h3-6,9-11H,1-2,7-8H2. The minimum absolute atomic E-state index is 0.0611. The third kappa shape index (κ3) is 3.59. The van der Waals surface area contributed by atoms with Crippen LogP contribution >= 0.6 is 11.6 Å². The maximum atomic E-state index is 11.2. The number of pyridine rings is 1. The summed E-state index contributed by atoms with van der Waals surface area (Å²) in [5.74, 6) is 0.543. The molecule has 7 nitrogen and oxygen atoms in total. The summed E-state index contributed by atoms with van der Waals surface area (Å²) in [6.45, 7) is 0. The molecule has 4 rings (SSSR count). The Balaban J connectivity index is 1.82. The van der Waals surface area contributed by atoms with Gasteiger partial charge in [-0.25, -0.2) is 4.98 Å². The summed E-state index contributed by atoms with van der Waals surface area (Å²) in [7, 11) is 0. The number of aromatic nitrogens is 3. The molecule has 0 saturated heterocycles. The fourth-order valence-electron chi connectivity index (χ4n) is 3.10. The highest BCUT2D eigenvalue weighted by molar-refractivity contribution is 6.30. The molecular formula is C19H15ClN4O3. The maximum absolute atomic E-state index is 11.2. The normalized spacial score (nSPS) is 13.1. The van der Waals surface area contributed by atoms with Crippen molar-refractivity contribution < 1.29 is 9.66 Å². The third-order valence-electron chi connectivity index (χ3n) is 4.36. The van der Waals surface area contributed by atoms with Crippen LogP contribution in [0, 0.1) is 10.1 Å². The Bertz CT molecular complexity index is 1030. The molecule has 0 bridgehead atoms. The van der Waals surface area contributed by atoms with Crippen LogP contribution in [0.25, 0.3) is 11.4 Å². The molecule has 0 aliphatic heterocycles. The molecule has 0 atom stereocenters. The van der Waals surface area contributed by atoms with Crippen LogP contribution in [0.5, 0.6) is 11.6 Å². The molecule has 2 heterocycles. The van der Waals surface area contributed by atoms with Crippen LogP contribution in [0.2, 0.25) is 5.02 Å². The fourth-order valence-corrected chi connectivity index (χ4v) is 3.29. The third-order valence-corrected chi connectivity index (χ3v) is 4.59. The molecule has 0 spiro atoms. The van der Waals surface area contributed by atoms with Crippen LogP contribution < -0.4 is 4.74 Å². The highest BCUT2D eigenvalue weighted by Gasteiger charge is 2.23. The molecule has 27 heavy (non-hydrogen) atoms. The molecule has 1 aromatic carbocycles. The number of nitro groups is 1. The van der Waals surface area contributed by atoms with Gasteiger partial charge in [-0.05, 0) is 59.9 Å². The van der Waals surface area contributed by atoms with Gasteiger partial charge in [0, 0.05) is 16.1 Å². The van der Waals surface area contributed by atoms with Gasteiger partial charge in [0.05, 0.1) is 5.69 Å². The van der Waals surface area contributed by atoms with Gasteiger partial charge in [0.1, 0.15) is 6.20 Å².